The quantitative estimate of drug-likeness (QED) is 0.0443. The molecule has 0 unspecified atom stereocenters. The van der Waals surface area contributed by atoms with E-state index in [0.29, 0.717) is 5.56 Å². The number of hydrogen-bond acceptors (Lipinski definition) is 24. The van der Waals surface area contributed by atoms with Gasteiger partial charge in [0.1, 0.15) is 89.3 Å². The van der Waals surface area contributed by atoms with Crippen molar-refractivity contribution in [2.24, 2.45) is 0 Å². The maximum atomic E-state index is 14.5. The monoisotopic (exact) mass is 948 g/mol. The lowest BCUT2D eigenvalue weighted by atomic mass is 9.97. The molecular formula is C43H48O24. The molecular weight excluding hydrogens is 900 g/mol. The number of aliphatic hydroxyl groups is 10. The molecule has 4 heterocycles. The summed E-state index contributed by atoms with van der Waals surface area (Å²) in [6, 6.07) is 11.1. The van der Waals surface area contributed by atoms with Crippen LogP contribution in [0, 0.1) is 0 Å². The molecule has 67 heavy (non-hydrogen) atoms. The first-order valence-corrected chi connectivity index (χ1v) is 20.4. The standard InChI is InChI=1S/C43H48O24/c1-59-22-10-16(2-8-20(22)48)3-9-27(50)65-39-34(56)30(52)25(14-45)63-42(39)67-40-35(57)31(53)26(15-46)64-43(40)66-38-32(54)28-21(49)11-19(60-41-36(58)33(55)29(51)24(13-44)62-41)12-23(28)61-37(38)17-4-6-18(47)7-5-17/h2-12,24-26,29-31,33-36,39-49,51-53,55-58H,13-15H2,1H3/b9-3+/t24-,25-,26-,29-,30-,31-,33+,34+,35+,36-,39-,40-,41-,42+,43+/m1/s1. The van der Waals surface area contributed by atoms with Gasteiger partial charge in [-0.25, -0.2) is 4.79 Å². The van der Waals surface area contributed by atoms with Crippen LogP contribution in [-0.2, 0) is 28.5 Å². The van der Waals surface area contributed by atoms with Gasteiger partial charge in [0.15, 0.2) is 35.8 Å². The van der Waals surface area contributed by atoms with Gasteiger partial charge in [-0.2, -0.15) is 0 Å². The van der Waals surface area contributed by atoms with E-state index in [1.54, 1.807) is 0 Å². The zero-order valence-electron chi connectivity index (χ0n) is 34.9. The Kier molecular flexibility index (Phi) is 15.2. The molecule has 0 radical (unpaired) electrons. The molecule has 15 atom stereocenters. The average molecular weight is 949 g/mol. The normalized spacial score (nSPS) is 32.3. The van der Waals surface area contributed by atoms with Gasteiger partial charge in [-0.1, -0.05) is 6.07 Å². The van der Waals surface area contributed by atoms with Crippen molar-refractivity contribution in [1.29, 1.82) is 0 Å². The maximum absolute atomic E-state index is 14.5. The number of aromatic hydroxyl groups is 3. The van der Waals surface area contributed by atoms with Crippen molar-refractivity contribution in [2.75, 3.05) is 26.9 Å². The van der Waals surface area contributed by atoms with Gasteiger partial charge in [0, 0.05) is 23.8 Å². The molecule has 0 amide bonds. The fourth-order valence-corrected chi connectivity index (χ4v) is 7.53. The lowest BCUT2D eigenvalue weighted by Gasteiger charge is -2.46. The summed E-state index contributed by atoms with van der Waals surface area (Å²) >= 11 is 0. The highest BCUT2D eigenvalue weighted by Gasteiger charge is 2.53. The number of methoxy groups -OCH3 is 1. The molecule has 13 N–H and O–H groups in total. The molecule has 4 aromatic rings. The van der Waals surface area contributed by atoms with Crippen LogP contribution in [0.25, 0.3) is 28.4 Å². The second-order valence-corrected chi connectivity index (χ2v) is 15.6. The molecule has 3 aromatic carbocycles. The number of fused-ring (bicyclic) bond motifs is 1. The lowest BCUT2D eigenvalue weighted by molar-refractivity contribution is -0.358. The molecule has 3 fully saturated rings. The highest BCUT2D eigenvalue weighted by Crippen LogP contribution is 2.40. The number of rotatable bonds is 14. The van der Waals surface area contributed by atoms with E-state index in [1.807, 2.05) is 0 Å². The zero-order chi connectivity index (χ0) is 48.4. The zero-order valence-corrected chi connectivity index (χ0v) is 34.9. The minimum atomic E-state index is -2.11. The molecule has 3 aliphatic heterocycles. The number of hydrogen-bond donors (Lipinski definition) is 13. The summed E-state index contributed by atoms with van der Waals surface area (Å²) in [6.07, 6.45) is -25.7. The molecule has 1 aromatic heterocycles. The molecule has 0 spiro atoms. The number of carbonyl (C=O) groups is 1. The van der Waals surface area contributed by atoms with Crippen molar-refractivity contribution in [2.45, 2.75) is 92.1 Å². The SMILES string of the molecule is COc1cc(/C=C/C(=O)O[C@H]2[C@H](O[C@H]3[C@H](Oc4c(-c5ccc(O)cc5)oc5cc(O[C@@H]6O[C@H](CO)[C@@H](O)[C@H](O)[C@H]6O)cc(O)c5c4=O)O[C@H](CO)[C@@H](O)[C@@H]3O)O[C@H](CO)[C@@H](O)[C@@H]2O)ccc1O. The number of esters is 1. The predicted octanol–water partition coefficient (Wildman–Crippen LogP) is -2.97. The predicted molar refractivity (Wildman–Crippen MR) is 220 cm³/mol. The van der Waals surface area contributed by atoms with E-state index in [-0.39, 0.29) is 28.6 Å². The van der Waals surface area contributed by atoms with E-state index in [0.717, 1.165) is 18.2 Å². The van der Waals surface area contributed by atoms with Crippen molar-refractivity contribution in [1.82, 2.24) is 0 Å². The van der Waals surface area contributed by atoms with Gasteiger partial charge in [0.2, 0.25) is 23.8 Å². The van der Waals surface area contributed by atoms with Crippen LogP contribution in [0.1, 0.15) is 5.56 Å². The number of phenols is 3. The Morgan fingerprint density at radius 1 is 0.657 bits per heavy atom. The third-order valence-corrected chi connectivity index (χ3v) is 11.2. The number of carbonyl (C=O) groups excluding carboxylic acids is 1. The van der Waals surface area contributed by atoms with E-state index in [2.05, 4.69) is 0 Å². The number of ether oxygens (including phenoxy) is 8. The van der Waals surface area contributed by atoms with Gasteiger partial charge in [-0.3, -0.25) is 4.79 Å². The van der Waals surface area contributed by atoms with E-state index < -0.39 is 152 Å². The minimum Gasteiger partial charge on any atom is -0.508 e. The summed E-state index contributed by atoms with van der Waals surface area (Å²) < 4.78 is 51.2. The van der Waals surface area contributed by atoms with Crippen molar-refractivity contribution >= 4 is 23.0 Å². The summed E-state index contributed by atoms with van der Waals surface area (Å²) in [6.45, 7) is -2.65. The summed E-state index contributed by atoms with van der Waals surface area (Å²) in [5, 5.41) is 136. The van der Waals surface area contributed by atoms with Crippen LogP contribution in [0.2, 0.25) is 0 Å². The minimum absolute atomic E-state index is 0.0309. The van der Waals surface area contributed by atoms with Gasteiger partial charge in [0.25, 0.3) is 0 Å². The number of phenolic OH excluding ortho intramolecular Hbond substituents is 3. The molecule has 7 rings (SSSR count). The maximum Gasteiger partial charge on any atom is 0.331 e. The first-order valence-electron chi connectivity index (χ1n) is 20.4. The third kappa shape index (κ3) is 10.1. The topological polar surface area (TPSA) is 384 Å². The van der Waals surface area contributed by atoms with Gasteiger partial charge >= 0.3 is 5.97 Å². The first-order chi connectivity index (χ1) is 32.0. The van der Waals surface area contributed by atoms with Crippen molar-refractivity contribution in [3.8, 4) is 45.8 Å². The Morgan fingerprint density at radius 2 is 1.25 bits per heavy atom. The van der Waals surface area contributed by atoms with Crippen LogP contribution < -0.4 is 19.6 Å². The molecule has 364 valence electrons. The number of benzene rings is 3. The fraction of sp³-hybridized carbons (Fsp3) is 0.442. The summed E-state index contributed by atoms with van der Waals surface area (Å²) in [5.41, 5.74) is -1.15. The Hall–Kier alpha value is -5.68. The van der Waals surface area contributed by atoms with Crippen LogP contribution >= 0.6 is 0 Å². The summed E-state index contributed by atoms with van der Waals surface area (Å²) in [4.78, 5) is 27.7. The smallest absolute Gasteiger partial charge is 0.331 e. The largest absolute Gasteiger partial charge is 0.508 e. The third-order valence-electron chi connectivity index (χ3n) is 11.2. The Bertz CT molecular complexity index is 2440. The average Bonchev–Trinajstić information content (AvgIpc) is 3.31. The fourth-order valence-electron chi connectivity index (χ4n) is 7.53. The second-order valence-electron chi connectivity index (χ2n) is 15.6. The lowest BCUT2D eigenvalue weighted by Crippen LogP contribution is -2.65. The first kappa shape index (κ1) is 49.2. The molecule has 0 saturated carbocycles. The van der Waals surface area contributed by atoms with E-state index in [1.165, 1.54) is 55.7 Å². The Morgan fingerprint density at radius 3 is 1.88 bits per heavy atom. The molecule has 3 aliphatic rings. The Labute approximate surface area is 377 Å². The van der Waals surface area contributed by atoms with Crippen LogP contribution in [0.5, 0.6) is 34.5 Å². The van der Waals surface area contributed by atoms with Gasteiger partial charge in [-0.05, 0) is 48.0 Å². The van der Waals surface area contributed by atoms with Crippen molar-refractivity contribution in [3.63, 3.8) is 0 Å². The van der Waals surface area contributed by atoms with Crippen molar-refractivity contribution in [3.05, 3.63) is 76.5 Å². The van der Waals surface area contributed by atoms with Gasteiger partial charge in [0.05, 0.1) is 26.9 Å². The van der Waals surface area contributed by atoms with Crippen LogP contribution in [0.15, 0.2) is 69.9 Å². The van der Waals surface area contributed by atoms with E-state index >= 15 is 0 Å². The van der Waals surface area contributed by atoms with Crippen LogP contribution in [-0.4, -0.2) is 191 Å². The molecule has 24 nitrogen and oxygen atoms in total. The van der Waals surface area contributed by atoms with E-state index in [9.17, 15) is 76.0 Å². The molecule has 0 bridgehead atoms. The molecule has 24 heteroatoms. The molecule has 0 aliphatic carbocycles. The number of aliphatic hydroxyl groups excluding tert-OH is 10. The van der Waals surface area contributed by atoms with E-state index in [4.69, 9.17) is 42.3 Å². The molecule has 3 saturated heterocycles. The van der Waals surface area contributed by atoms with Gasteiger partial charge < -0.3 is 109 Å². The van der Waals surface area contributed by atoms with Gasteiger partial charge in [-0.15, -0.1) is 0 Å². The highest BCUT2D eigenvalue weighted by molar-refractivity contribution is 5.89. The van der Waals surface area contributed by atoms with Crippen LogP contribution in [0.3, 0.4) is 0 Å². The second kappa shape index (κ2) is 20.7. The summed E-state index contributed by atoms with van der Waals surface area (Å²) in [7, 11) is 1.31. The van der Waals surface area contributed by atoms with Crippen LogP contribution in [0.4, 0.5) is 0 Å². The summed E-state index contributed by atoms with van der Waals surface area (Å²) in [5.74, 6) is -3.83. The Balaban J connectivity index is 1.24. The van der Waals surface area contributed by atoms with Crippen molar-refractivity contribution < 1.29 is 113 Å². The highest BCUT2D eigenvalue weighted by atomic mass is 16.8.